The highest BCUT2D eigenvalue weighted by atomic mass is 127. The van der Waals surface area contributed by atoms with Crippen molar-refractivity contribution in [2.75, 3.05) is 43.0 Å². The molecular weight excluding hydrogens is 494 g/mol. The first kappa shape index (κ1) is 24.2. The van der Waals surface area contributed by atoms with Gasteiger partial charge in [-0.1, -0.05) is 6.92 Å². The van der Waals surface area contributed by atoms with Crippen LogP contribution in [0.15, 0.2) is 47.6 Å². The monoisotopic (exact) mass is 526 g/mol. The van der Waals surface area contributed by atoms with Crippen molar-refractivity contribution in [3.8, 4) is 0 Å². The van der Waals surface area contributed by atoms with Crippen LogP contribution in [0.5, 0.6) is 0 Å². The van der Waals surface area contributed by atoms with Crippen molar-refractivity contribution in [1.82, 2.24) is 15.6 Å². The summed E-state index contributed by atoms with van der Waals surface area (Å²) in [6, 6.07) is 11.3. The van der Waals surface area contributed by atoms with Gasteiger partial charge in [0, 0.05) is 57.7 Å². The van der Waals surface area contributed by atoms with Gasteiger partial charge in [-0.05, 0) is 55.3 Å². The number of anilines is 2. The largest absolute Gasteiger partial charge is 0.368 e. The number of hydrogen-bond donors (Lipinski definition) is 2. The summed E-state index contributed by atoms with van der Waals surface area (Å²) in [6.07, 6.45) is 2.91. The molecular formula is C22H32FIN6. The summed E-state index contributed by atoms with van der Waals surface area (Å²) < 4.78 is 13.1. The third-order valence-corrected chi connectivity index (χ3v) is 5.28. The Hall–Kier alpha value is -2.10. The van der Waals surface area contributed by atoms with E-state index in [1.54, 1.807) is 7.05 Å². The number of hydrogen-bond acceptors (Lipinski definition) is 4. The van der Waals surface area contributed by atoms with Crippen molar-refractivity contribution in [1.29, 1.82) is 0 Å². The Morgan fingerprint density at radius 1 is 1.13 bits per heavy atom. The quantitative estimate of drug-likeness (QED) is 0.342. The Balaban J connectivity index is 0.00000320. The van der Waals surface area contributed by atoms with Gasteiger partial charge in [0.2, 0.25) is 0 Å². The number of aliphatic imine (C=N–C) groups is 1. The van der Waals surface area contributed by atoms with E-state index in [1.807, 2.05) is 24.4 Å². The van der Waals surface area contributed by atoms with Gasteiger partial charge in [0.05, 0.1) is 0 Å². The van der Waals surface area contributed by atoms with Crippen LogP contribution < -0.4 is 20.4 Å². The smallest absolute Gasteiger partial charge is 0.191 e. The molecule has 0 amide bonds. The van der Waals surface area contributed by atoms with Crippen molar-refractivity contribution >= 4 is 41.4 Å². The number of nitrogens with zero attached hydrogens (tertiary/aromatic N) is 4. The van der Waals surface area contributed by atoms with E-state index in [9.17, 15) is 4.39 Å². The summed E-state index contributed by atoms with van der Waals surface area (Å²) in [4.78, 5) is 13.4. The molecule has 1 aromatic carbocycles. The van der Waals surface area contributed by atoms with Gasteiger partial charge < -0.3 is 20.4 Å². The molecule has 0 bridgehead atoms. The van der Waals surface area contributed by atoms with E-state index < -0.39 is 0 Å². The molecule has 1 atom stereocenters. The summed E-state index contributed by atoms with van der Waals surface area (Å²) in [5.74, 6) is 1.61. The van der Waals surface area contributed by atoms with E-state index >= 15 is 0 Å². The van der Waals surface area contributed by atoms with Crippen molar-refractivity contribution in [3.05, 3.63) is 54.0 Å². The lowest BCUT2D eigenvalue weighted by Gasteiger charge is -2.36. The maximum atomic E-state index is 13.1. The summed E-state index contributed by atoms with van der Waals surface area (Å²) in [5.41, 5.74) is 2.24. The Morgan fingerprint density at radius 2 is 1.80 bits per heavy atom. The van der Waals surface area contributed by atoms with Crippen molar-refractivity contribution in [2.45, 2.75) is 32.9 Å². The van der Waals surface area contributed by atoms with Gasteiger partial charge in [-0.25, -0.2) is 9.37 Å². The van der Waals surface area contributed by atoms with Gasteiger partial charge in [-0.15, -0.1) is 24.0 Å². The standard InChI is InChI=1S/C22H31FN6.HI/c1-4-17(2)27-22(24-3)26-16-18-9-10-25-21(15-18)29-13-11-28(12-14-29)20-7-5-19(23)6-8-20;/h5-10,15,17H,4,11-14,16H2,1-3H3,(H2,24,26,27);1H. The van der Waals surface area contributed by atoms with E-state index in [0.717, 1.165) is 50.1 Å². The second-order valence-electron chi connectivity index (χ2n) is 7.35. The number of pyridine rings is 1. The van der Waals surface area contributed by atoms with Crippen LogP contribution in [0.25, 0.3) is 0 Å². The number of benzene rings is 1. The van der Waals surface area contributed by atoms with E-state index in [4.69, 9.17) is 0 Å². The predicted octanol–water partition coefficient (Wildman–Crippen LogP) is 3.63. The third kappa shape index (κ3) is 6.72. The molecule has 8 heteroatoms. The molecule has 1 unspecified atom stereocenters. The fraction of sp³-hybridized carbons (Fsp3) is 0.455. The molecule has 0 aliphatic carbocycles. The van der Waals surface area contributed by atoms with Crippen LogP contribution in [0.2, 0.25) is 0 Å². The second-order valence-corrected chi connectivity index (χ2v) is 7.35. The van der Waals surface area contributed by atoms with Crippen LogP contribution in [-0.2, 0) is 6.54 Å². The lowest BCUT2D eigenvalue weighted by molar-refractivity contribution is 0.623. The summed E-state index contributed by atoms with van der Waals surface area (Å²) >= 11 is 0. The highest BCUT2D eigenvalue weighted by Crippen LogP contribution is 2.20. The minimum atomic E-state index is -0.197. The van der Waals surface area contributed by atoms with E-state index in [0.29, 0.717) is 12.6 Å². The van der Waals surface area contributed by atoms with Gasteiger partial charge in [-0.3, -0.25) is 4.99 Å². The molecule has 2 aromatic rings. The fourth-order valence-corrected chi connectivity index (χ4v) is 3.31. The van der Waals surface area contributed by atoms with Crippen LogP contribution in [0.4, 0.5) is 15.9 Å². The summed E-state index contributed by atoms with van der Waals surface area (Å²) in [7, 11) is 1.79. The maximum Gasteiger partial charge on any atom is 0.191 e. The molecule has 1 saturated heterocycles. The summed E-state index contributed by atoms with van der Waals surface area (Å²) in [6.45, 7) is 8.54. The minimum Gasteiger partial charge on any atom is -0.368 e. The minimum absolute atomic E-state index is 0. The molecule has 0 spiro atoms. The zero-order chi connectivity index (χ0) is 20.6. The van der Waals surface area contributed by atoms with Gasteiger partial charge in [0.15, 0.2) is 5.96 Å². The zero-order valence-corrected chi connectivity index (χ0v) is 20.3. The van der Waals surface area contributed by atoms with Gasteiger partial charge in [0.1, 0.15) is 11.6 Å². The maximum absolute atomic E-state index is 13.1. The van der Waals surface area contributed by atoms with Gasteiger partial charge in [0.25, 0.3) is 0 Å². The lowest BCUT2D eigenvalue weighted by atomic mass is 10.2. The molecule has 1 aromatic heterocycles. The first-order valence-electron chi connectivity index (χ1n) is 10.3. The molecule has 3 rings (SSSR count). The lowest BCUT2D eigenvalue weighted by Crippen LogP contribution is -2.46. The Labute approximate surface area is 196 Å². The van der Waals surface area contributed by atoms with Crippen molar-refractivity contribution in [2.24, 2.45) is 4.99 Å². The molecule has 0 saturated carbocycles. The third-order valence-electron chi connectivity index (χ3n) is 5.28. The first-order valence-corrected chi connectivity index (χ1v) is 10.3. The molecule has 30 heavy (non-hydrogen) atoms. The predicted molar refractivity (Wildman–Crippen MR) is 134 cm³/mol. The van der Waals surface area contributed by atoms with Gasteiger partial charge >= 0.3 is 0 Å². The van der Waals surface area contributed by atoms with Crippen LogP contribution in [0.1, 0.15) is 25.8 Å². The number of rotatable bonds is 6. The number of guanidine groups is 1. The number of aromatic nitrogens is 1. The number of nitrogens with one attached hydrogen (secondary N) is 2. The van der Waals surface area contributed by atoms with Gasteiger partial charge in [-0.2, -0.15) is 0 Å². The highest BCUT2D eigenvalue weighted by Gasteiger charge is 2.18. The molecule has 2 N–H and O–H groups in total. The Morgan fingerprint density at radius 3 is 2.43 bits per heavy atom. The van der Waals surface area contributed by atoms with Crippen LogP contribution in [-0.4, -0.2) is 50.2 Å². The van der Waals surface area contributed by atoms with E-state index in [1.165, 1.54) is 17.7 Å². The number of piperazine rings is 1. The topological polar surface area (TPSA) is 55.8 Å². The molecule has 1 aliphatic heterocycles. The highest BCUT2D eigenvalue weighted by molar-refractivity contribution is 14.0. The molecule has 2 heterocycles. The van der Waals surface area contributed by atoms with Crippen LogP contribution in [0, 0.1) is 5.82 Å². The Kier molecular flexibility index (Phi) is 9.61. The van der Waals surface area contributed by atoms with Crippen molar-refractivity contribution < 1.29 is 4.39 Å². The van der Waals surface area contributed by atoms with E-state index in [2.05, 4.69) is 50.3 Å². The normalized spacial score (nSPS) is 15.4. The molecule has 164 valence electrons. The molecule has 0 radical (unpaired) electrons. The first-order chi connectivity index (χ1) is 14.1. The van der Waals surface area contributed by atoms with Crippen LogP contribution in [0.3, 0.4) is 0 Å². The van der Waals surface area contributed by atoms with Crippen LogP contribution >= 0.6 is 24.0 Å². The number of halogens is 2. The molecule has 1 fully saturated rings. The van der Waals surface area contributed by atoms with Crippen molar-refractivity contribution in [3.63, 3.8) is 0 Å². The van der Waals surface area contributed by atoms with E-state index in [-0.39, 0.29) is 29.8 Å². The Bertz CT molecular complexity index is 806. The SMILES string of the molecule is CCC(C)NC(=NC)NCc1ccnc(N2CCN(c3ccc(F)cc3)CC2)c1.I. The average molecular weight is 526 g/mol. The molecule has 1 aliphatic rings. The second kappa shape index (κ2) is 11.9. The summed E-state index contributed by atoms with van der Waals surface area (Å²) in [5, 5.41) is 6.74. The zero-order valence-electron chi connectivity index (χ0n) is 17.9. The average Bonchev–Trinajstić information content (AvgIpc) is 2.77. The fourth-order valence-electron chi connectivity index (χ4n) is 3.31. The molecule has 6 nitrogen and oxygen atoms in total.